The lowest BCUT2D eigenvalue weighted by atomic mass is 10.3. The molecule has 0 saturated carbocycles. The van der Waals surface area contributed by atoms with E-state index in [1.807, 2.05) is 24.3 Å². The van der Waals surface area contributed by atoms with Crippen LogP contribution in [-0.2, 0) is 16.6 Å². The Morgan fingerprint density at radius 1 is 1.41 bits per heavy atom. The van der Waals surface area contributed by atoms with Gasteiger partial charge in [0.25, 0.3) is 0 Å². The van der Waals surface area contributed by atoms with Gasteiger partial charge in [0.15, 0.2) is 0 Å². The molecule has 17 heavy (non-hydrogen) atoms. The molecule has 0 atom stereocenters. The first kappa shape index (κ1) is 12.8. The maximum Gasteiger partial charge on any atom is 0.228 e. The van der Waals surface area contributed by atoms with Crippen molar-refractivity contribution >= 4 is 43.2 Å². The Hall–Kier alpha value is -0.690. The van der Waals surface area contributed by atoms with Crippen molar-refractivity contribution in [1.82, 2.24) is 9.29 Å². The lowest BCUT2D eigenvalue weighted by molar-refractivity contribution is 0.470. The summed E-state index contributed by atoms with van der Waals surface area (Å²) in [5, 5.41) is 0.358. The summed E-state index contributed by atoms with van der Waals surface area (Å²) < 4.78 is 25.3. The molecule has 0 aliphatic rings. The number of nitrogens with zero attached hydrogens (tertiary/aromatic N) is 2. The number of hydrogen-bond donors (Lipinski definition) is 0. The second-order valence-corrected chi connectivity index (χ2v) is 7.33. The Balaban J connectivity index is 2.24. The maximum absolute atomic E-state index is 11.5. The highest BCUT2D eigenvalue weighted by molar-refractivity contribution is 7.90. The molecule has 1 aromatic carbocycles. The van der Waals surface area contributed by atoms with Gasteiger partial charge in [-0.2, -0.15) is 4.31 Å². The number of fused-ring (bicyclic) bond motifs is 1. The van der Waals surface area contributed by atoms with Gasteiger partial charge in [-0.1, -0.05) is 12.1 Å². The van der Waals surface area contributed by atoms with Crippen LogP contribution in [0.25, 0.3) is 10.2 Å². The topological polar surface area (TPSA) is 50.3 Å². The van der Waals surface area contributed by atoms with Crippen molar-refractivity contribution in [3.63, 3.8) is 0 Å². The molecule has 7 heteroatoms. The second-order valence-electron chi connectivity index (χ2n) is 3.55. The van der Waals surface area contributed by atoms with E-state index in [0.717, 1.165) is 15.2 Å². The molecule has 0 bridgehead atoms. The van der Waals surface area contributed by atoms with E-state index >= 15 is 0 Å². The molecule has 0 spiro atoms. The lowest BCUT2D eigenvalue weighted by Crippen LogP contribution is -2.27. The molecule has 0 amide bonds. The first-order chi connectivity index (χ1) is 8.03. The fourth-order valence-electron chi connectivity index (χ4n) is 1.36. The standard InChI is InChI=1S/C10H11ClN2O2S2/c1-13(17(14,15)7-11)6-10-12-8-4-2-3-5-9(8)16-10/h2-5H,6-7H2,1H3. The molecule has 4 nitrogen and oxygen atoms in total. The van der Waals surface area contributed by atoms with Crippen molar-refractivity contribution in [2.24, 2.45) is 0 Å². The minimum Gasteiger partial charge on any atom is -0.240 e. The average molecular weight is 291 g/mol. The SMILES string of the molecule is CN(Cc1nc2ccccc2s1)S(=O)(=O)CCl. The lowest BCUT2D eigenvalue weighted by Gasteiger charge is -2.12. The molecular formula is C10H11ClN2O2S2. The molecule has 2 aromatic rings. The van der Waals surface area contributed by atoms with Gasteiger partial charge in [-0.3, -0.25) is 0 Å². The van der Waals surface area contributed by atoms with Crippen molar-refractivity contribution in [2.45, 2.75) is 6.54 Å². The van der Waals surface area contributed by atoms with Crippen molar-refractivity contribution in [1.29, 1.82) is 0 Å². The van der Waals surface area contributed by atoms with Crippen molar-refractivity contribution in [3.8, 4) is 0 Å². The summed E-state index contributed by atoms with van der Waals surface area (Å²) in [5.41, 5.74) is 0.893. The van der Waals surface area contributed by atoms with Crippen LogP contribution in [0.3, 0.4) is 0 Å². The summed E-state index contributed by atoms with van der Waals surface area (Å²) in [7, 11) is -1.86. The van der Waals surface area contributed by atoms with Crippen LogP contribution in [0.15, 0.2) is 24.3 Å². The Bertz CT molecular complexity index is 591. The van der Waals surface area contributed by atoms with Crippen molar-refractivity contribution in [3.05, 3.63) is 29.3 Å². The highest BCUT2D eigenvalue weighted by Gasteiger charge is 2.18. The second kappa shape index (κ2) is 4.89. The molecular weight excluding hydrogens is 280 g/mol. The highest BCUT2D eigenvalue weighted by atomic mass is 35.5. The molecule has 1 heterocycles. The summed E-state index contributed by atoms with van der Waals surface area (Å²) in [4.78, 5) is 4.37. The Morgan fingerprint density at radius 2 is 2.12 bits per heavy atom. The summed E-state index contributed by atoms with van der Waals surface area (Å²) in [6.07, 6.45) is 0. The molecule has 0 unspecified atom stereocenters. The van der Waals surface area contributed by atoms with E-state index in [9.17, 15) is 8.42 Å². The van der Waals surface area contributed by atoms with Crippen molar-refractivity contribution < 1.29 is 8.42 Å². The zero-order valence-electron chi connectivity index (χ0n) is 9.13. The van der Waals surface area contributed by atoms with E-state index in [4.69, 9.17) is 11.6 Å². The molecule has 92 valence electrons. The zero-order valence-corrected chi connectivity index (χ0v) is 11.5. The molecule has 0 fully saturated rings. The van der Waals surface area contributed by atoms with Crippen LogP contribution in [0.5, 0.6) is 0 Å². The number of halogens is 1. The average Bonchev–Trinajstić information content (AvgIpc) is 2.70. The third kappa shape index (κ3) is 2.77. The first-order valence-electron chi connectivity index (χ1n) is 4.87. The fourth-order valence-corrected chi connectivity index (χ4v) is 3.45. The monoisotopic (exact) mass is 290 g/mol. The molecule has 0 saturated heterocycles. The number of alkyl halides is 1. The van der Waals surface area contributed by atoms with Gasteiger partial charge < -0.3 is 0 Å². The smallest absolute Gasteiger partial charge is 0.228 e. The highest BCUT2D eigenvalue weighted by Crippen LogP contribution is 2.23. The van der Waals surface area contributed by atoms with Gasteiger partial charge in [-0.25, -0.2) is 13.4 Å². The summed E-state index contributed by atoms with van der Waals surface area (Å²) in [5.74, 6) is 0. The van der Waals surface area contributed by atoms with Crippen LogP contribution in [0.1, 0.15) is 5.01 Å². The third-order valence-corrected chi connectivity index (χ3v) is 5.51. The Kier molecular flexibility index (Phi) is 3.67. The van der Waals surface area contributed by atoms with E-state index in [1.165, 1.54) is 22.7 Å². The van der Waals surface area contributed by atoms with Crippen LogP contribution < -0.4 is 0 Å². The normalized spacial score (nSPS) is 12.4. The fraction of sp³-hybridized carbons (Fsp3) is 0.300. The zero-order chi connectivity index (χ0) is 12.5. The van der Waals surface area contributed by atoms with E-state index in [2.05, 4.69) is 4.98 Å². The van der Waals surface area contributed by atoms with E-state index in [0.29, 0.717) is 0 Å². The Morgan fingerprint density at radius 3 is 2.76 bits per heavy atom. The molecule has 0 N–H and O–H groups in total. The van der Waals surface area contributed by atoms with Gasteiger partial charge in [-0.05, 0) is 12.1 Å². The minimum atomic E-state index is -3.37. The third-order valence-electron chi connectivity index (χ3n) is 2.31. The van der Waals surface area contributed by atoms with Gasteiger partial charge in [0.2, 0.25) is 10.0 Å². The number of benzene rings is 1. The summed E-state index contributed by atoms with van der Waals surface area (Å²) in [6.45, 7) is 0.258. The number of sulfonamides is 1. The van der Waals surface area contributed by atoms with Gasteiger partial charge in [-0.15, -0.1) is 22.9 Å². The number of para-hydroxylation sites is 1. The van der Waals surface area contributed by atoms with Gasteiger partial charge in [0.1, 0.15) is 10.2 Å². The van der Waals surface area contributed by atoms with Crippen molar-refractivity contribution in [2.75, 3.05) is 12.3 Å². The van der Waals surface area contributed by atoms with E-state index < -0.39 is 15.2 Å². The number of aromatic nitrogens is 1. The summed E-state index contributed by atoms with van der Waals surface area (Å²) >= 11 is 6.88. The molecule has 0 aliphatic carbocycles. The predicted octanol–water partition coefficient (Wildman–Crippen LogP) is 2.25. The van der Waals surface area contributed by atoms with Gasteiger partial charge in [0, 0.05) is 7.05 Å². The van der Waals surface area contributed by atoms with Gasteiger partial charge in [0.05, 0.1) is 16.8 Å². The number of thiazole rings is 1. The molecule has 2 rings (SSSR count). The molecule has 0 aliphatic heterocycles. The van der Waals surface area contributed by atoms with E-state index in [1.54, 1.807) is 0 Å². The maximum atomic E-state index is 11.5. The van der Waals surface area contributed by atoms with E-state index in [-0.39, 0.29) is 6.54 Å². The Labute approximate surface area is 109 Å². The van der Waals surface area contributed by atoms with Crippen LogP contribution in [0, 0.1) is 0 Å². The minimum absolute atomic E-state index is 0.258. The van der Waals surface area contributed by atoms with Crippen LogP contribution in [0.4, 0.5) is 0 Å². The number of hydrogen-bond acceptors (Lipinski definition) is 4. The number of rotatable bonds is 4. The van der Waals surface area contributed by atoms with Crippen LogP contribution in [0.2, 0.25) is 0 Å². The molecule has 1 aromatic heterocycles. The summed E-state index contributed by atoms with van der Waals surface area (Å²) in [6, 6.07) is 7.71. The molecule has 0 radical (unpaired) electrons. The predicted molar refractivity (Wildman–Crippen MR) is 70.7 cm³/mol. The van der Waals surface area contributed by atoms with Crippen LogP contribution in [-0.4, -0.2) is 30.0 Å². The quantitative estimate of drug-likeness (QED) is 0.812. The van der Waals surface area contributed by atoms with Crippen LogP contribution >= 0.6 is 22.9 Å². The van der Waals surface area contributed by atoms with Gasteiger partial charge >= 0.3 is 0 Å². The largest absolute Gasteiger partial charge is 0.240 e. The first-order valence-corrected chi connectivity index (χ1v) is 7.83.